The molecule has 0 aromatic heterocycles. The molecule has 1 aromatic rings. The van der Waals surface area contributed by atoms with Crippen LogP contribution in [0.1, 0.15) is 12.5 Å². The molecule has 0 radical (unpaired) electrons. The van der Waals surface area contributed by atoms with Crippen molar-refractivity contribution in [2.75, 3.05) is 7.11 Å². The molecule has 15 heavy (non-hydrogen) atoms. The Bertz CT molecular complexity index is 345. The second-order valence-electron chi connectivity index (χ2n) is 3.23. The Morgan fingerprint density at radius 1 is 1.40 bits per heavy atom. The molecule has 0 unspecified atom stereocenters. The summed E-state index contributed by atoms with van der Waals surface area (Å²) in [5, 5.41) is 0. The van der Waals surface area contributed by atoms with E-state index in [1.54, 1.807) is 13.0 Å². The van der Waals surface area contributed by atoms with E-state index in [1.165, 1.54) is 7.11 Å². The summed E-state index contributed by atoms with van der Waals surface area (Å²) in [5.74, 6) is 0. The van der Waals surface area contributed by atoms with Gasteiger partial charge >= 0.3 is 6.16 Å². The molecular weight excluding hydrogens is 192 g/mol. The maximum Gasteiger partial charge on any atom is 0.509 e. The highest BCUT2D eigenvalue weighted by atomic mass is 16.7. The van der Waals surface area contributed by atoms with Crippen LogP contribution < -0.4 is 0 Å². The van der Waals surface area contributed by atoms with Crippen LogP contribution in [-0.4, -0.2) is 13.3 Å². The number of hydrogen-bond donors (Lipinski definition) is 0. The molecule has 0 N–H and O–H groups in total. The fourth-order valence-corrected chi connectivity index (χ4v) is 1.20. The van der Waals surface area contributed by atoms with Gasteiger partial charge in [-0.1, -0.05) is 36.9 Å². The molecule has 0 saturated heterocycles. The molecule has 0 bridgehead atoms. The Kier molecular flexibility index (Phi) is 3.50. The zero-order valence-electron chi connectivity index (χ0n) is 8.90. The molecule has 1 aromatic carbocycles. The minimum atomic E-state index is -0.853. The molecule has 0 aliphatic carbocycles. The van der Waals surface area contributed by atoms with Crippen molar-refractivity contribution in [3.8, 4) is 0 Å². The minimum absolute atomic E-state index is 0.721. The quantitative estimate of drug-likeness (QED) is 0.563. The first-order valence-electron chi connectivity index (χ1n) is 4.58. The van der Waals surface area contributed by atoms with Gasteiger partial charge in [-0.2, -0.15) is 0 Å². The van der Waals surface area contributed by atoms with Gasteiger partial charge in [0.1, 0.15) is 0 Å². The normalized spacial score (nSPS) is 13.7. The largest absolute Gasteiger partial charge is 0.509 e. The van der Waals surface area contributed by atoms with E-state index in [4.69, 9.17) is 4.74 Å². The van der Waals surface area contributed by atoms with E-state index in [-0.39, 0.29) is 0 Å². The van der Waals surface area contributed by atoms with Gasteiger partial charge in [-0.05, 0) is 18.6 Å². The third kappa shape index (κ3) is 2.59. The summed E-state index contributed by atoms with van der Waals surface area (Å²) >= 11 is 0. The Hall–Kier alpha value is -1.77. The van der Waals surface area contributed by atoms with E-state index in [2.05, 4.69) is 11.3 Å². The van der Waals surface area contributed by atoms with Gasteiger partial charge in [-0.25, -0.2) is 4.79 Å². The van der Waals surface area contributed by atoms with Crippen LogP contribution in [-0.2, 0) is 15.1 Å². The SMILES string of the molecule is C=C[C@@](C)(OC(=O)OC)c1ccccc1. The molecule has 0 amide bonds. The first-order chi connectivity index (χ1) is 7.12. The lowest BCUT2D eigenvalue weighted by Crippen LogP contribution is -2.26. The summed E-state index contributed by atoms with van der Waals surface area (Å²) in [6.45, 7) is 5.42. The van der Waals surface area contributed by atoms with Crippen molar-refractivity contribution in [3.05, 3.63) is 48.6 Å². The first-order valence-corrected chi connectivity index (χ1v) is 4.58. The molecule has 0 spiro atoms. The monoisotopic (exact) mass is 206 g/mol. The number of carbonyl (C=O) groups excluding carboxylic acids is 1. The number of hydrogen-bond acceptors (Lipinski definition) is 3. The molecule has 3 nitrogen and oxygen atoms in total. The molecule has 3 heteroatoms. The zero-order valence-corrected chi connectivity index (χ0v) is 8.90. The van der Waals surface area contributed by atoms with Gasteiger partial charge in [0.25, 0.3) is 0 Å². The van der Waals surface area contributed by atoms with Gasteiger partial charge in [0.15, 0.2) is 5.60 Å². The van der Waals surface area contributed by atoms with E-state index >= 15 is 0 Å². The van der Waals surface area contributed by atoms with E-state index in [9.17, 15) is 4.79 Å². The molecule has 1 atom stereocenters. The van der Waals surface area contributed by atoms with Gasteiger partial charge in [-0.15, -0.1) is 0 Å². The summed E-state index contributed by atoms with van der Waals surface area (Å²) < 4.78 is 9.60. The molecule has 0 saturated carbocycles. The number of carbonyl (C=O) groups is 1. The average molecular weight is 206 g/mol. The predicted molar refractivity (Wildman–Crippen MR) is 57.5 cm³/mol. The minimum Gasteiger partial charge on any atom is -0.438 e. The van der Waals surface area contributed by atoms with Crippen molar-refractivity contribution in [2.24, 2.45) is 0 Å². The van der Waals surface area contributed by atoms with Gasteiger partial charge in [0.2, 0.25) is 0 Å². The van der Waals surface area contributed by atoms with Gasteiger partial charge < -0.3 is 9.47 Å². The van der Waals surface area contributed by atoms with E-state index < -0.39 is 11.8 Å². The van der Waals surface area contributed by atoms with Crippen LogP contribution in [0.4, 0.5) is 4.79 Å². The van der Waals surface area contributed by atoms with Crippen LogP contribution >= 0.6 is 0 Å². The molecule has 80 valence electrons. The summed E-state index contributed by atoms with van der Waals surface area (Å²) in [4.78, 5) is 11.1. The van der Waals surface area contributed by atoms with Crippen molar-refractivity contribution in [2.45, 2.75) is 12.5 Å². The van der Waals surface area contributed by atoms with Crippen molar-refractivity contribution < 1.29 is 14.3 Å². The van der Waals surface area contributed by atoms with Crippen molar-refractivity contribution in [3.63, 3.8) is 0 Å². The standard InChI is InChI=1S/C12H14O3/c1-4-12(2,15-11(13)14-3)10-8-6-5-7-9-10/h4-9H,1H2,2-3H3/t12-/m1/s1. The van der Waals surface area contributed by atoms with Crippen molar-refractivity contribution in [1.29, 1.82) is 0 Å². The lowest BCUT2D eigenvalue weighted by Gasteiger charge is -2.25. The fraction of sp³-hybridized carbons (Fsp3) is 0.250. The number of benzene rings is 1. The summed E-state index contributed by atoms with van der Waals surface area (Å²) in [7, 11) is 1.27. The first kappa shape index (κ1) is 11.3. The average Bonchev–Trinajstić information content (AvgIpc) is 2.30. The number of rotatable bonds is 3. The molecule has 1 rings (SSSR count). The Labute approximate surface area is 89.3 Å². The topological polar surface area (TPSA) is 35.5 Å². The van der Waals surface area contributed by atoms with Crippen LogP contribution in [0.2, 0.25) is 0 Å². The van der Waals surface area contributed by atoms with E-state index in [0.29, 0.717) is 0 Å². The van der Waals surface area contributed by atoms with Crippen LogP contribution in [0.3, 0.4) is 0 Å². The fourth-order valence-electron chi connectivity index (χ4n) is 1.20. The summed E-state index contributed by atoms with van der Waals surface area (Å²) in [5.41, 5.74) is -0.000602. The number of ether oxygens (including phenoxy) is 2. The highest BCUT2D eigenvalue weighted by molar-refractivity contribution is 5.61. The number of methoxy groups -OCH3 is 1. The maximum atomic E-state index is 11.1. The second kappa shape index (κ2) is 4.64. The van der Waals surface area contributed by atoms with Gasteiger partial charge in [0, 0.05) is 0 Å². The van der Waals surface area contributed by atoms with Crippen LogP contribution in [0.15, 0.2) is 43.0 Å². The van der Waals surface area contributed by atoms with E-state index in [1.807, 2.05) is 30.3 Å². The molecule has 0 fully saturated rings. The van der Waals surface area contributed by atoms with Crippen molar-refractivity contribution >= 4 is 6.16 Å². The lowest BCUT2D eigenvalue weighted by atomic mass is 9.96. The zero-order chi connectivity index (χ0) is 11.3. The molecule has 0 heterocycles. The highest BCUT2D eigenvalue weighted by Crippen LogP contribution is 2.26. The van der Waals surface area contributed by atoms with Crippen LogP contribution in [0.5, 0.6) is 0 Å². The molecular formula is C12H14O3. The Morgan fingerprint density at radius 3 is 2.47 bits per heavy atom. The second-order valence-corrected chi connectivity index (χ2v) is 3.23. The Balaban J connectivity index is 2.95. The summed E-state index contributed by atoms with van der Waals surface area (Å²) in [6, 6.07) is 9.37. The summed E-state index contributed by atoms with van der Waals surface area (Å²) in [6.07, 6.45) is 0.848. The smallest absolute Gasteiger partial charge is 0.438 e. The lowest BCUT2D eigenvalue weighted by molar-refractivity contribution is 0.00660. The predicted octanol–water partition coefficient (Wildman–Crippen LogP) is 2.87. The van der Waals surface area contributed by atoms with Crippen molar-refractivity contribution in [1.82, 2.24) is 0 Å². The highest BCUT2D eigenvalue weighted by Gasteiger charge is 2.27. The molecule has 0 aliphatic rings. The Morgan fingerprint density at radius 2 is 2.00 bits per heavy atom. The van der Waals surface area contributed by atoms with E-state index in [0.717, 1.165) is 5.56 Å². The van der Waals surface area contributed by atoms with Gasteiger partial charge in [-0.3, -0.25) is 0 Å². The van der Waals surface area contributed by atoms with Gasteiger partial charge in [0.05, 0.1) is 7.11 Å². The maximum absolute atomic E-state index is 11.1. The third-order valence-electron chi connectivity index (χ3n) is 2.20. The van der Waals surface area contributed by atoms with Crippen LogP contribution in [0, 0.1) is 0 Å². The molecule has 0 aliphatic heterocycles. The third-order valence-corrected chi connectivity index (χ3v) is 2.20. The van der Waals surface area contributed by atoms with Crippen LogP contribution in [0.25, 0.3) is 0 Å².